The Bertz CT molecular complexity index is 784. The van der Waals surface area contributed by atoms with Crippen molar-refractivity contribution in [2.24, 2.45) is 0 Å². The number of aromatic nitrogens is 1. The van der Waals surface area contributed by atoms with Gasteiger partial charge in [-0.2, -0.15) is 0 Å². The van der Waals surface area contributed by atoms with Crippen LogP contribution < -0.4 is 59.1 Å². The number of fused-ring (bicyclic) bond motifs is 1. The Morgan fingerprint density at radius 3 is 2.30 bits per heavy atom. The molecule has 0 bridgehead atoms. The van der Waals surface area contributed by atoms with Gasteiger partial charge in [-0.15, -0.1) is 0 Å². The van der Waals surface area contributed by atoms with Crippen molar-refractivity contribution in [1.29, 1.82) is 0 Å². The quantitative estimate of drug-likeness (QED) is 0.349. The van der Waals surface area contributed by atoms with Crippen molar-refractivity contribution >= 4 is 28.9 Å². The van der Waals surface area contributed by atoms with Crippen molar-refractivity contribution in [2.45, 2.75) is 6.92 Å². The van der Waals surface area contributed by atoms with E-state index in [2.05, 4.69) is 4.98 Å². The largest absolute Gasteiger partial charge is 1.00 e. The Kier molecular flexibility index (Phi) is 9.61. The summed E-state index contributed by atoms with van der Waals surface area (Å²) in [6, 6.07) is 11.0. The first kappa shape index (κ1) is 22.1. The zero-order valence-corrected chi connectivity index (χ0v) is 17.3. The number of hydrogen-bond acceptors (Lipinski definition) is 3. The van der Waals surface area contributed by atoms with Crippen LogP contribution in [0.3, 0.4) is 0 Å². The second kappa shape index (κ2) is 10.0. The number of hydrogen-bond donors (Lipinski definition) is 2. The normalized spacial score (nSPS) is 11.3. The molecule has 0 radical (unpaired) electrons. The SMILES string of the molecule is CC(=C\C(=O)O)/C(=C/c1ccc2ccccc2n1)C(=O)O.[Na+].[Na+]. The van der Waals surface area contributed by atoms with Gasteiger partial charge in [0.15, 0.2) is 0 Å². The average molecular weight is 329 g/mol. The molecule has 0 fully saturated rings. The van der Waals surface area contributed by atoms with E-state index in [1.165, 1.54) is 13.0 Å². The van der Waals surface area contributed by atoms with Crippen molar-refractivity contribution in [3.63, 3.8) is 0 Å². The summed E-state index contributed by atoms with van der Waals surface area (Å²) in [5.74, 6) is -2.38. The maximum atomic E-state index is 11.3. The van der Waals surface area contributed by atoms with Crippen LogP contribution in [0, 0.1) is 0 Å². The predicted molar refractivity (Wildman–Crippen MR) is 78.7 cm³/mol. The van der Waals surface area contributed by atoms with Gasteiger partial charge in [-0.05, 0) is 30.7 Å². The summed E-state index contributed by atoms with van der Waals surface area (Å²) in [4.78, 5) is 26.3. The molecule has 0 saturated heterocycles. The molecule has 106 valence electrons. The Labute approximate surface area is 177 Å². The number of nitrogens with zero attached hydrogens (tertiary/aromatic N) is 1. The van der Waals surface area contributed by atoms with E-state index in [9.17, 15) is 14.7 Å². The Balaban J connectivity index is 0.00000242. The van der Waals surface area contributed by atoms with Gasteiger partial charge in [-0.3, -0.25) is 0 Å². The summed E-state index contributed by atoms with van der Waals surface area (Å²) < 4.78 is 0. The summed E-state index contributed by atoms with van der Waals surface area (Å²) in [5, 5.41) is 18.9. The van der Waals surface area contributed by atoms with E-state index < -0.39 is 11.9 Å². The molecule has 23 heavy (non-hydrogen) atoms. The van der Waals surface area contributed by atoms with Gasteiger partial charge in [-0.25, -0.2) is 14.6 Å². The number of para-hydroxylation sites is 1. The fourth-order valence-corrected chi connectivity index (χ4v) is 1.92. The van der Waals surface area contributed by atoms with Gasteiger partial charge in [0.2, 0.25) is 0 Å². The minimum absolute atomic E-state index is 0. The molecular weight excluding hydrogens is 316 g/mol. The van der Waals surface area contributed by atoms with Crippen LogP contribution in [0.25, 0.3) is 17.0 Å². The van der Waals surface area contributed by atoms with Gasteiger partial charge in [-0.1, -0.05) is 24.3 Å². The molecular formula is C16H13NNa2O4+2. The molecule has 0 aliphatic carbocycles. The van der Waals surface area contributed by atoms with Gasteiger partial charge in [0.25, 0.3) is 0 Å². The van der Waals surface area contributed by atoms with Crippen LogP contribution in [-0.4, -0.2) is 27.1 Å². The van der Waals surface area contributed by atoms with Crippen LogP contribution in [0.15, 0.2) is 53.6 Å². The minimum Gasteiger partial charge on any atom is -0.478 e. The maximum absolute atomic E-state index is 11.3. The maximum Gasteiger partial charge on any atom is 1.00 e. The molecule has 0 aliphatic rings. The fraction of sp³-hybridized carbons (Fsp3) is 0.0625. The molecule has 1 aromatic carbocycles. The monoisotopic (exact) mass is 329 g/mol. The van der Waals surface area contributed by atoms with Gasteiger partial charge < -0.3 is 10.2 Å². The molecule has 2 aromatic rings. The first-order valence-corrected chi connectivity index (χ1v) is 6.20. The third kappa shape index (κ3) is 6.22. The number of carboxylic acids is 2. The molecule has 5 nitrogen and oxygen atoms in total. The number of pyridine rings is 1. The van der Waals surface area contributed by atoms with E-state index in [-0.39, 0.29) is 70.3 Å². The van der Waals surface area contributed by atoms with Crippen molar-refractivity contribution < 1.29 is 78.9 Å². The molecule has 0 unspecified atom stereocenters. The molecule has 7 heteroatoms. The van der Waals surface area contributed by atoms with Crippen molar-refractivity contribution in [3.05, 3.63) is 59.3 Å². The molecule has 1 aromatic heterocycles. The summed E-state index contributed by atoms with van der Waals surface area (Å²) in [5.41, 5.74) is 1.27. The topological polar surface area (TPSA) is 87.5 Å². The van der Waals surface area contributed by atoms with E-state index in [1.54, 1.807) is 6.07 Å². The smallest absolute Gasteiger partial charge is 0.478 e. The van der Waals surface area contributed by atoms with Crippen LogP contribution >= 0.6 is 0 Å². The van der Waals surface area contributed by atoms with Gasteiger partial charge in [0.05, 0.1) is 16.8 Å². The number of carbonyl (C=O) groups is 2. The van der Waals surface area contributed by atoms with Gasteiger partial charge in [0.1, 0.15) is 0 Å². The summed E-state index contributed by atoms with van der Waals surface area (Å²) in [6.45, 7) is 1.44. The van der Waals surface area contributed by atoms with E-state index in [0.717, 1.165) is 17.0 Å². The molecule has 1 heterocycles. The summed E-state index contributed by atoms with van der Waals surface area (Å²) in [6.07, 6.45) is 2.23. The zero-order valence-electron chi connectivity index (χ0n) is 13.3. The van der Waals surface area contributed by atoms with Crippen LogP contribution in [-0.2, 0) is 9.59 Å². The Hall–Kier alpha value is -0.950. The fourth-order valence-electron chi connectivity index (χ4n) is 1.92. The molecule has 0 atom stereocenters. The van der Waals surface area contributed by atoms with Gasteiger partial charge >= 0.3 is 71.1 Å². The number of rotatable bonds is 4. The average Bonchev–Trinajstić information content (AvgIpc) is 2.43. The molecule has 2 rings (SSSR count). The van der Waals surface area contributed by atoms with Crippen molar-refractivity contribution in [2.75, 3.05) is 0 Å². The summed E-state index contributed by atoms with van der Waals surface area (Å²) >= 11 is 0. The molecule has 0 amide bonds. The van der Waals surface area contributed by atoms with E-state index in [1.807, 2.05) is 30.3 Å². The van der Waals surface area contributed by atoms with Crippen LogP contribution in [0.5, 0.6) is 0 Å². The first-order valence-electron chi connectivity index (χ1n) is 6.20. The number of carboxylic acid groups (broad SMARTS) is 2. The Morgan fingerprint density at radius 1 is 1.04 bits per heavy atom. The third-order valence-corrected chi connectivity index (χ3v) is 2.91. The standard InChI is InChI=1S/C16H13NO4.2Na/c1-10(8-15(18)19)13(16(20)21)9-12-7-6-11-4-2-3-5-14(11)17-12;;/h2-9H,1H3,(H,18,19)(H,20,21);;/q;2*+1/b10-8+,13-9-;;. The molecule has 0 saturated carbocycles. The van der Waals surface area contributed by atoms with Gasteiger partial charge in [0, 0.05) is 11.5 Å². The molecule has 2 N–H and O–H groups in total. The Morgan fingerprint density at radius 2 is 1.70 bits per heavy atom. The second-order valence-corrected chi connectivity index (χ2v) is 4.46. The van der Waals surface area contributed by atoms with E-state index in [0.29, 0.717) is 5.69 Å². The number of benzene rings is 1. The zero-order chi connectivity index (χ0) is 15.4. The first-order chi connectivity index (χ1) is 9.97. The van der Waals surface area contributed by atoms with Crippen molar-refractivity contribution in [3.8, 4) is 0 Å². The predicted octanol–water partition coefficient (Wildman–Crippen LogP) is -3.26. The third-order valence-electron chi connectivity index (χ3n) is 2.91. The molecule has 0 spiro atoms. The molecule has 0 aliphatic heterocycles. The van der Waals surface area contributed by atoms with E-state index >= 15 is 0 Å². The minimum atomic E-state index is -1.19. The second-order valence-electron chi connectivity index (χ2n) is 4.46. The number of aliphatic carboxylic acids is 2. The van der Waals surface area contributed by atoms with Crippen LogP contribution in [0.1, 0.15) is 12.6 Å². The van der Waals surface area contributed by atoms with E-state index in [4.69, 9.17) is 5.11 Å². The van der Waals surface area contributed by atoms with Crippen LogP contribution in [0.2, 0.25) is 0 Å². The van der Waals surface area contributed by atoms with Crippen LogP contribution in [0.4, 0.5) is 0 Å². The van der Waals surface area contributed by atoms with Crippen molar-refractivity contribution in [1.82, 2.24) is 4.98 Å². The summed E-state index contributed by atoms with van der Waals surface area (Å²) in [7, 11) is 0.